The SMILES string of the molecule is CCOc1ccccc1-c1nn(CN2CCN(c3ccccc3)CC2)c(=S)o1. The summed E-state index contributed by atoms with van der Waals surface area (Å²) in [6, 6.07) is 18.3. The van der Waals surface area contributed by atoms with Gasteiger partial charge in [-0.2, -0.15) is 0 Å². The number of rotatable bonds is 6. The van der Waals surface area contributed by atoms with Crippen molar-refractivity contribution in [3.05, 3.63) is 59.4 Å². The first kappa shape index (κ1) is 18.7. The van der Waals surface area contributed by atoms with E-state index in [-0.39, 0.29) is 0 Å². The predicted octanol–water partition coefficient (Wildman–Crippen LogP) is 4.05. The van der Waals surface area contributed by atoms with Crippen LogP contribution in [0.1, 0.15) is 6.92 Å². The molecule has 1 aromatic heterocycles. The van der Waals surface area contributed by atoms with Gasteiger partial charge in [0.15, 0.2) is 0 Å². The maximum absolute atomic E-state index is 5.77. The molecule has 0 amide bonds. The normalized spacial score (nSPS) is 15.0. The molecule has 1 saturated heterocycles. The average molecular weight is 397 g/mol. The van der Waals surface area contributed by atoms with E-state index < -0.39 is 0 Å². The van der Waals surface area contributed by atoms with Gasteiger partial charge in [-0.15, -0.1) is 5.10 Å². The Morgan fingerprint density at radius 1 is 1.00 bits per heavy atom. The van der Waals surface area contributed by atoms with Crippen molar-refractivity contribution in [2.45, 2.75) is 13.6 Å². The molecule has 6 nitrogen and oxygen atoms in total. The molecule has 146 valence electrons. The number of ether oxygens (including phenoxy) is 1. The van der Waals surface area contributed by atoms with Crippen molar-refractivity contribution >= 4 is 17.9 Å². The minimum Gasteiger partial charge on any atom is -0.493 e. The smallest absolute Gasteiger partial charge is 0.288 e. The minimum absolute atomic E-state index is 0.381. The molecule has 1 aliphatic heterocycles. The number of anilines is 1. The summed E-state index contributed by atoms with van der Waals surface area (Å²) in [6.07, 6.45) is 0. The number of nitrogens with zero attached hydrogens (tertiary/aromatic N) is 4. The van der Waals surface area contributed by atoms with Crippen LogP contribution in [0.2, 0.25) is 0 Å². The molecule has 4 rings (SSSR count). The summed E-state index contributed by atoms with van der Waals surface area (Å²) in [5, 5.41) is 4.60. The second-order valence-corrected chi connectivity index (χ2v) is 7.03. The van der Waals surface area contributed by atoms with Gasteiger partial charge in [-0.3, -0.25) is 4.90 Å². The van der Waals surface area contributed by atoms with Gasteiger partial charge in [0.1, 0.15) is 5.75 Å². The van der Waals surface area contributed by atoms with Crippen LogP contribution in [0.5, 0.6) is 5.75 Å². The summed E-state index contributed by atoms with van der Waals surface area (Å²) in [5.41, 5.74) is 2.10. The monoisotopic (exact) mass is 396 g/mol. The third-order valence-corrected chi connectivity index (χ3v) is 5.15. The molecule has 0 bridgehead atoms. The fraction of sp³-hybridized carbons (Fsp3) is 0.333. The van der Waals surface area contributed by atoms with Crippen LogP contribution >= 0.6 is 12.2 Å². The fourth-order valence-electron chi connectivity index (χ4n) is 3.40. The molecule has 0 atom stereocenters. The highest BCUT2D eigenvalue weighted by Gasteiger charge is 2.19. The molecule has 0 unspecified atom stereocenters. The van der Waals surface area contributed by atoms with Crippen LogP contribution in [-0.2, 0) is 6.67 Å². The van der Waals surface area contributed by atoms with Gasteiger partial charge in [0.05, 0.1) is 18.8 Å². The lowest BCUT2D eigenvalue weighted by atomic mass is 10.2. The van der Waals surface area contributed by atoms with Crippen LogP contribution in [0.25, 0.3) is 11.5 Å². The third kappa shape index (κ3) is 4.10. The number of aromatic nitrogens is 2. The minimum atomic E-state index is 0.381. The van der Waals surface area contributed by atoms with E-state index in [1.165, 1.54) is 5.69 Å². The summed E-state index contributed by atoms with van der Waals surface area (Å²) in [6.45, 7) is 7.04. The predicted molar refractivity (Wildman–Crippen MR) is 112 cm³/mol. The topological polar surface area (TPSA) is 46.7 Å². The standard InChI is InChI=1S/C21H24N4O2S/c1-2-26-19-11-7-6-10-18(19)20-22-25(21(28)27-20)16-23-12-14-24(15-13-23)17-8-4-3-5-9-17/h3-11H,2,12-16H2,1H3. The van der Waals surface area contributed by atoms with Gasteiger partial charge in [-0.1, -0.05) is 30.3 Å². The van der Waals surface area contributed by atoms with Crippen LogP contribution in [0.4, 0.5) is 5.69 Å². The van der Waals surface area contributed by atoms with Gasteiger partial charge >= 0.3 is 0 Å². The Morgan fingerprint density at radius 3 is 2.46 bits per heavy atom. The van der Waals surface area contributed by atoms with Gasteiger partial charge < -0.3 is 14.1 Å². The molecule has 3 aromatic rings. The average Bonchev–Trinajstić information content (AvgIpc) is 3.10. The third-order valence-electron chi connectivity index (χ3n) is 4.85. The van der Waals surface area contributed by atoms with E-state index in [2.05, 4.69) is 39.2 Å². The lowest BCUT2D eigenvalue weighted by molar-refractivity contribution is 0.192. The molecule has 1 aliphatic rings. The molecule has 0 radical (unpaired) electrons. The quantitative estimate of drug-likeness (QED) is 0.586. The Kier molecular flexibility index (Phi) is 5.73. The molecule has 28 heavy (non-hydrogen) atoms. The second-order valence-electron chi connectivity index (χ2n) is 6.68. The molecular weight excluding hydrogens is 372 g/mol. The largest absolute Gasteiger partial charge is 0.493 e. The number of hydrogen-bond donors (Lipinski definition) is 0. The molecule has 7 heteroatoms. The van der Waals surface area contributed by atoms with E-state index >= 15 is 0 Å². The van der Waals surface area contributed by atoms with Crippen molar-refractivity contribution in [3.63, 3.8) is 0 Å². The Balaban J connectivity index is 1.44. The van der Waals surface area contributed by atoms with E-state index in [4.69, 9.17) is 21.4 Å². The first-order valence-corrected chi connectivity index (χ1v) is 9.98. The lowest BCUT2D eigenvalue weighted by Gasteiger charge is -2.35. The molecule has 0 spiro atoms. The molecule has 0 saturated carbocycles. The van der Waals surface area contributed by atoms with Crippen LogP contribution < -0.4 is 9.64 Å². The van der Waals surface area contributed by atoms with E-state index in [0.717, 1.165) is 37.5 Å². The second kappa shape index (κ2) is 8.58. The maximum Gasteiger partial charge on any atom is 0.288 e. The van der Waals surface area contributed by atoms with E-state index in [1.807, 2.05) is 37.3 Å². The lowest BCUT2D eigenvalue weighted by Crippen LogP contribution is -2.46. The summed E-state index contributed by atoms with van der Waals surface area (Å²) in [5.74, 6) is 1.25. The Labute approximate surface area is 169 Å². The number of benzene rings is 2. The van der Waals surface area contributed by atoms with Crippen molar-refractivity contribution < 1.29 is 9.15 Å². The Morgan fingerprint density at radius 2 is 1.71 bits per heavy atom. The number of hydrogen-bond acceptors (Lipinski definition) is 6. The molecule has 2 heterocycles. The van der Waals surface area contributed by atoms with Crippen LogP contribution in [-0.4, -0.2) is 47.5 Å². The summed E-state index contributed by atoms with van der Waals surface area (Å²) < 4.78 is 13.2. The van der Waals surface area contributed by atoms with Crippen molar-refractivity contribution in [2.75, 3.05) is 37.7 Å². The summed E-state index contributed by atoms with van der Waals surface area (Å²) in [4.78, 5) is 5.13. The van der Waals surface area contributed by atoms with E-state index in [9.17, 15) is 0 Å². The Hall–Kier alpha value is -2.64. The van der Waals surface area contributed by atoms with Crippen molar-refractivity contribution in [2.24, 2.45) is 0 Å². The van der Waals surface area contributed by atoms with Gasteiger partial charge in [0, 0.05) is 31.9 Å². The van der Waals surface area contributed by atoms with Gasteiger partial charge in [-0.05, 0) is 43.4 Å². The molecule has 0 N–H and O–H groups in total. The Bertz CT molecular complexity index is 962. The van der Waals surface area contributed by atoms with Crippen LogP contribution in [0.3, 0.4) is 0 Å². The van der Waals surface area contributed by atoms with Gasteiger partial charge in [0.2, 0.25) is 0 Å². The first-order chi connectivity index (χ1) is 13.7. The highest BCUT2D eigenvalue weighted by atomic mass is 32.1. The first-order valence-electron chi connectivity index (χ1n) is 9.57. The summed E-state index contributed by atoms with van der Waals surface area (Å²) in [7, 11) is 0. The summed E-state index contributed by atoms with van der Waals surface area (Å²) >= 11 is 5.40. The van der Waals surface area contributed by atoms with E-state index in [0.29, 0.717) is 24.0 Å². The van der Waals surface area contributed by atoms with E-state index in [1.54, 1.807) is 4.68 Å². The van der Waals surface area contributed by atoms with Crippen LogP contribution in [0, 0.1) is 4.84 Å². The number of para-hydroxylation sites is 2. The van der Waals surface area contributed by atoms with Crippen molar-refractivity contribution in [1.82, 2.24) is 14.7 Å². The van der Waals surface area contributed by atoms with Crippen molar-refractivity contribution in [1.29, 1.82) is 0 Å². The zero-order valence-corrected chi connectivity index (χ0v) is 16.8. The molecular formula is C21H24N4O2S. The van der Waals surface area contributed by atoms with Crippen LogP contribution in [0.15, 0.2) is 59.0 Å². The fourth-order valence-corrected chi connectivity index (χ4v) is 3.58. The van der Waals surface area contributed by atoms with Gasteiger partial charge in [0.25, 0.3) is 10.7 Å². The zero-order valence-electron chi connectivity index (χ0n) is 16.0. The van der Waals surface area contributed by atoms with Gasteiger partial charge in [-0.25, -0.2) is 4.68 Å². The molecule has 1 fully saturated rings. The van der Waals surface area contributed by atoms with Crippen molar-refractivity contribution in [3.8, 4) is 17.2 Å². The highest BCUT2D eigenvalue weighted by molar-refractivity contribution is 7.71. The molecule has 2 aromatic carbocycles. The molecule has 0 aliphatic carbocycles. The zero-order chi connectivity index (χ0) is 19.3. The number of piperazine rings is 1. The highest BCUT2D eigenvalue weighted by Crippen LogP contribution is 2.28. The maximum atomic E-state index is 5.77.